The topological polar surface area (TPSA) is 73.2 Å². The minimum atomic E-state index is -3.67. The van der Waals surface area contributed by atoms with Gasteiger partial charge in [-0.05, 0) is 33.8 Å². The van der Waals surface area contributed by atoms with Crippen molar-refractivity contribution in [2.45, 2.75) is 51.1 Å². The molecule has 1 aliphatic rings. The summed E-state index contributed by atoms with van der Waals surface area (Å²) in [5.41, 5.74) is 2.06. The average molecular weight is 349 g/mol. The number of hydrogen-bond donors (Lipinski definition) is 1. The molecule has 3 rings (SSSR count). The van der Waals surface area contributed by atoms with Crippen LogP contribution in [0.1, 0.15) is 49.3 Å². The minimum Gasteiger partial charge on any atom is -0.493 e. The van der Waals surface area contributed by atoms with Crippen LogP contribution in [-0.4, -0.2) is 24.8 Å². The van der Waals surface area contributed by atoms with E-state index in [9.17, 15) is 8.42 Å². The first-order chi connectivity index (χ1) is 11.3. The van der Waals surface area contributed by atoms with Gasteiger partial charge in [0.25, 0.3) is 0 Å². The molecule has 1 atom stereocenters. The molecule has 1 aromatic heterocycles. The summed E-state index contributed by atoms with van der Waals surface area (Å²) in [4.78, 5) is 0.278. The van der Waals surface area contributed by atoms with Crippen molar-refractivity contribution in [3.8, 4) is 5.75 Å². The molecule has 2 heterocycles. The van der Waals surface area contributed by atoms with E-state index in [1.54, 1.807) is 18.5 Å². The van der Waals surface area contributed by atoms with Gasteiger partial charge in [-0.25, -0.2) is 13.1 Å². The molecular formula is C17H23N3O3S. The maximum atomic E-state index is 13.0. The number of fused-ring (bicyclic) bond motifs is 1. The third kappa shape index (κ3) is 2.93. The SMILES string of the molecule is Cc1nn(C(C)C)c(C)c1S(=O)(=O)NC1CCOc2ccccc21. The van der Waals surface area contributed by atoms with Crippen molar-refractivity contribution < 1.29 is 13.2 Å². The van der Waals surface area contributed by atoms with Crippen molar-refractivity contribution in [3.63, 3.8) is 0 Å². The summed E-state index contributed by atoms with van der Waals surface area (Å²) < 4.78 is 36.2. The van der Waals surface area contributed by atoms with Gasteiger partial charge in [-0.2, -0.15) is 5.10 Å². The standard InChI is InChI=1S/C17H23N3O3S/c1-11(2)20-13(4)17(12(3)18-20)24(21,22)19-15-9-10-23-16-8-6-5-7-14(15)16/h5-8,11,15,19H,9-10H2,1-4H3. The van der Waals surface area contributed by atoms with Crippen LogP contribution in [0.5, 0.6) is 5.75 Å². The van der Waals surface area contributed by atoms with Gasteiger partial charge in [0.2, 0.25) is 10.0 Å². The monoisotopic (exact) mass is 349 g/mol. The zero-order valence-corrected chi connectivity index (χ0v) is 15.2. The molecule has 0 aliphatic carbocycles. The van der Waals surface area contributed by atoms with Gasteiger partial charge < -0.3 is 4.74 Å². The maximum absolute atomic E-state index is 13.0. The first kappa shape index (κ1) is 17.0. The summed E-state index contributed by atoms with van der Waals surface area (Å²) in [6.45, 7) is 7.99. The van der Waals surface area contributed by atoms with Crippen LogP contribution in [0.25, 0.3) is 0 Å². The number of ether oxygens (including phenoxy) is 1. The quantitative estimate of drug-likeness (QED) is 0.921. The van der Waals surface area contributed by atoms with Gasteiger partial charge in [0.1, 0.15) is 10.6 Å². The third-order valence-corrected chi connectivity index (χ3v) is 6.00. The van der Waals surface area contributed by atoms with Crippen molar-refractivity contribution in [3.05, 3.63) is 41.2 Å². The molecule has 0 fully saturated rings. The molecule has 0 saturated heterocycles. The Labute approximate surface area is 142 Å². The number of nitrogens with one attached hydrogen (secondary N) is 1. The van der Waals surface area contributed by atoms with Crippen LogP contribution in [0.4, 0.5) is 0 Å². The lowest BCUT2D eigenvalue weighted by Gasteiger charge is -2.26. The Morgan fingerprint density at radius 2 is 2.00 bits per heavy atom. The molecule has 0 bridgehead atoms. The van der Waals surface area contributed by atoms with Crippen LogP contribution in [0.3, 0.4) is 0 Å². The molecule has 2 aromatic rings. The lowest BCUT2D eigenvalue weighted by molar-refractivity contribution is 0.263. The Balaban J connectivity index is 1.97. The lowest BCUT2D eigenvalue weighted by Crippen LogP contribution is -2.32. The molecule has 24 heavy (non-hydrogen) atoms. The highest BCUT2D eigenvalue weighted by molar-refractivity contribution is 7.89. The number of nitrogens with zero attached hydrogens (tertiary/aromatic N) is 2. The first-order valence-electron chi connectivity index (χ1n) is 8.11. The van der Waals surface area contributed by atoms with Crippen LogP contribution in [0.2, 0.25) is 0 Å². The third-order valence-electron chi connectivity index (χ3n) is 4.27. The number of benzene rings is 1. The Kier molecular flexibility index (Phi) is 4.40. The van der Waals surface area contributed by atoms with Gasteiger partial charge in [-0.15, -0.1) is 0 Å². The van der Waals surface area contributed by atoms with E-state index in [1.165, 1.54) is 0 Å². The fourth-order valence-electron chi connectivity index (χ4n) is 3.25. The molecule has 130 valence electrons. The molecule has 1 aliphatic heterocycles. The fourth-order valence-corrected chi connectivity index (χ4v) is 4.90. The molecule has 1 N–H and O–H groups in total. The molecule has 0 radical (unpaired) electrons. The van der Waals surface area contributed by atoms with Gasteiger partial charge in [-0.1, -0.05) is 18.2 Å². The summed E-state index contributed by atoms with van der Waals surface area (Å²) in [6, 6.07) is 7.36. The van der Waals surface area contributed by atoms with Gasteiger partial charge in [0, 0.05) is 18.0 Å². The predicted octanol–water partition coefficient (Wildman–Crippen LogP) is 2.88. The number of aromatic nitrogens is 2. The molecule has 0 amide bonds. The van der Waals surface area contributed by atoms with Crippen molar-refractivity contribution in [2.75, 3.05) is 6.61 Å². The molecule has 0 saturated carbocycles. The van der Waals surface area contributed by atoms with E-state index in [1.807, 2.05) is 38.1 Å². The van der Waals surface area contributed by atoms with E-state index in [0.29, 0.717) is 24.4 Å². The largest absolute Gasteiger partial charge is 0.493 e. The van der Waals surface area contributed by atoms with E-state index in [-0.39, 0.29) is 17.0 Å². The number of hydrogen-bond acceptors (Lipinski definition) is 4. The number of rotatable bonds is 4. The summed E-state index contributed by atoms with van der Waals surface area (Å²) in [7, 11) is -3.67. The molecule has 6 nitrogen and oxygen atoms in total. The summed E-state index contributed by atoms with van der Waals surface area (Å²) >= 11 is 0. The lowest BCUT2D eigenvalue weighted by atomic mass is 10.0. The smallest absolute Gasteiger partial charge is 0.244 e. The molecule has 1 unspecified atom stereocenters. The predicted molar refractivity (Wildman–Crippen MR) is 91.7 cm³/mol. The van der Waals surface area contributed by atoms with E-state index in [4.69, 9.17) is 4.74 Å². The van der Waals surface area contributed by atoms with Crippen LogP contribution in [0, 0.1) is 13.8 Å². The second-order valence-corrected chi connectivity index (χ2v) is 8.04. The van der Waals surface area contributed by atoms with Crippen LogP contribution in [-0.2, 0) is 10.0 Å². The molecule has 1 aromatic carbocycles. The van der Waals surface area contributed by atoms with Crippen molar-refractivity contribution in [2.24, 2.45) is 0 Å². The normalized spacial score (nSPS) is 17.6. The maximum Gasteiger partial charge on any atom is 0.244 e. The Morgan fingerprint density at radius 3 is 2.67 bits per heavy atom. The van der Waals surface area contributed by atoms with Crippen molar-refractivity contribution in [1.29, 1.82) is 0 Å². The van der Waals surface area contributed by atoms with E-state index in [2.05, 4.69) is 9.82 Å². The Hall–Kier alpha value is -1.86. The molecule has 0 spiro atoms. The van der Waals surface area contributed by atoms with Crippen LogP contribution < -0.4 is 9.46 Å². The van der Waals surface area contributed by atoms with Crippen LogP contribution >= 0.6 is 0 Å². The number of aryl methyl sites for hydroxylation is 1. The zero-order chi connectivity index (χ0) is 17.5. The van der Waals surface area contributed by atoms with E-state index in [0.717, 1.165) is 11.3 Å². The summed E-state index contributed by atoms with van der Waals surface area (Å²) in [5, 5.41) is 4.39. The fraction of sp³-hybridized carbons (Fsp3) is 0.471. The van der Waals surface area contributed by atoms with Gasteiger partial charge in [-0.3, -0.25) is 4.68 Å². The number of para-hydroxylation sites is 1. The Bertz CT molecular complexity index is 856. The van der Waals surface area contributed by atoms with Gasteiger partial charge >= 0.3 is 0 Å². The second kappa shape index (κ2) is 6.22. The van der Waals surface area contributed by atoms with E-state index < -0.39 is 10.0 Å². The van der Waals surface area contributed by atoms with Crippen LogP contribution in [0.15, 0.2) is 29.2 Å². The van der Waals surface area contributed by atoms with Gasteiger partial charge in [0.05, 0.1) is 24.0 Å². The zero-order valence-electron chi connectivity index (χ0n) is 14.4. The molecular weight excluding hydrogens is 326 g/mol. The summed E-state index contributed by atoms with van der Waals surface area (Å²) in [5.74, 6) is 0.739. The van der Waals surface area contributed by atoms with Crippen molar-refractivity contribution in [1.82, 2.24) is 14.5 Å². The highest BCUT2D eigenvalue weighted by Gasteiger charge is 2.30. The Morgan fingerprint density at radius 1 is 1.29 bits per heavy atom. The highest BCUT2D eigenvalue weighted by Crippen LogP contribution is 2.33. The molecule has 7 heteroatoms. The summed E-state index contributed by atoms with van der Waals surface area (Å²) in [6.07, 6.45) is 0.604. The van der Waals surface area contributed by atoms with E-state index >= 15 is 0 Å². The first-order valence-corrected chi connectivity index (χ1v) is 9.59. The van der Waals surface area contributed by atoms with Crippen molar-refractivity contribution >= 4 is 10.0 Å². The van der Waals surface area contributed by atoms with Gasteiger partial charge in [0.15, 0.2) is 0 Å². The second-order valence-electron chi connectivity index (χ2n) is 6.39. The minimum absolute atomic E-state index is 0.108. The number of sulfonamides is 1. The highest BCUT2D eigenvalue weighted by atomic mass is 32.2. The average Bonchev–Trinajstić information content (AvgIpc) is 2.83.